The predicted molar refractivity (Wildman–Crippen MR) is 102 cm³/mol. The fraction of sp³-hybridized carbons (Fsp3) is 0.409. The first-order valence-corrected chi connectivity index (χ1v) is 9.52. The molecule has 0 bridgehead atoms. The van der Waals surface area contributed by atoms with E-state index in [1.165, 1.54) is 7.11 Å². The first kappa shape index (κ1) is 18.7. The van der Waals surface area contributed by atoms with Crippen LogP contribution in [0.15, 0.2) is 30.3 Å². The van der Waals surface area contributed by atoms with Crippen molar-refractivity contribution >= 4 is 5.91 Å². The standard InChI is InChI=1S/C22H24FNO4/c1-26-17-7-5-14(6-8-17)10-15-11-18-19(20(23)21(15)27-2)12-24(22(18)25)16-4-3-9-28-13-16/h5-8,11,16H,3-4,9-10,12-13H2,1-2H3. The van der Waals surface area contributed by atoms with Crippen LogP contribution >= 0.6 is 0 Å². The zero-order valence-electron chi connectivity index (χ0n) is 16.2. The van der Waals surface area contributed by atoms with Gasteiger partial charge in [-0.2, -0.15) is 0 Å². The number of hydrogen-bond acceptors (Lipinski definition) is 4. The van der Waals surface area contributed by atoms with Gasteiger partial charge in [0.2, 0.25) is 0 Å². The highest BCUT2D eigenvalue weighted by atomic mass is 19.1. The minimum absolute atomic E-state index is 0.00378. The average molecular weight is 385 g/mol. The maximum absolute atomic E-state index is 15.2. The van der Waals surface area contributed by atoms with Crippen LogP contribution in [0.1, 0.15) is 39.9 Å². The third-order valence-electron chi connectivity index (χ3n) is 5.55. The van der Waals surface area contributed by atoms with Crippen LogP contribution in [0, 0.1) is 5.82 Å². The molecule has 0 N–H and O–H groups in total. The molecule has 5 nitrogen and oxygen atoms in total. The maximum Gasteiger partial charge on any atom is 0.254 e. The lowest BCUT2D eigenvalue weighted by molar-refractivity contribution is 0.0177. The van der Waals surface area contributed by atoms with E-state index in [4.69, 9.17) is 14.2 Å². The molecule has 4 rings (SSSR count). The molecular weight excluding hydrogens is 361 g/mol. The summed E-state index contributed by atoms with van der Waals surface area (Å²) in [6, 6.07) is 9.37. The SMILES string of the molecule is COc1ccc(Cc2cc3c(c(F)c2OC)CN(C2CCCOC2)C3=O)cc1. The Balaban J connectivity index is 1.65. The van der Waals surface area contributed by atoms with E-state index < -0.39 is 5.82 Å². The summed E-state index contributed by atoms with van der Waals surface area (Å²) in [5.74, 6) is 0.416. The summed E-state index contributed by atoms with van der Waals surface area (Å²) in [6.45, 7) is 1.50. The highest BCUT2D eigenvalue weighted by molar-refractivity contribution is 5.99. The van der Waals surface area contributed by atoms with Gasteiger partial charge in [0.15, 0.2) is 11.6 Å². The molecule has 0 spiro atoms. The molecule has 0 radical (unpaired) electrons. The van der Waals surface area contributed by atoms with Crippen LogP contribution in [0.3, 0.4) is 0 Å². The van der Waals surface area contributed by atoms with Crippen LogP contribution in [0.2, 0.25) is 0 Å². The Hall–Kier alpha value is -2.60. The predicted octanol–water partition coefficient (Wildman–Crippen LogP) is 3.57. The minimum Gasteiger partial charge on any atom is -0.497 e. The Bertz CT molecular complexity index is 875. The zero-order valence-corrected chi connectivity index (χ0v) is 16.2. The van der Waals surface area contributed by atoms with Crippen molar-refractivity contribution in [3.05, 3.63) is 58.4 Å². The van der Waals surface area contributed by atoms with Crippen molar-refractivity contribution in [3.63, 3.8) is 0 Å². The number of carbonyl (C=O) groups is 1. The fourth-order valence-corrected chi connectivity index (χ4v) is 4.05. The molecule has 0 aromatic heterocycles. The van der Waals surface area contributed by atoms with Gasteiger partial charge in [0.25, 0.3) is 5.91 Å². The van der Waals surface area contributed by atoms with Gasteiger partial charge < -0.3 is 19.1 Å². The van der Waals surface area contributed by atoms with Crippen molar-refractivity contribution in [1.82, 2.24) is 4.90 Å². The number of ether oxygens (including phenoxy) is 3. The van der Waals surface area contributed by atoms with E-state index in [0.29, 0.717) is 29.7 Å². The van der Waals surface area contributed by atoms with Crippen LogP contribution in [0.5, 0.6) is 11.5 Å². The Labute approximate surface area is 164 Å². The molecular formula is C22H24FNO4. The molecule has 2 aliphatic rings. The Morgan fingerprint density at radius 1 is 1.21 bits per heavy atom. The average Bonchev–Trinajstić information content (AvgIpc) is 3.06. The topological polar surface area (TPSA) is 48.0 Å². The lowest BCUT2D eigenvalue weighted by atomic mass is 9.98. The molecule has 0 saturated carbocycles. The molecule has 2 heterocycles. The highest BCUT2D eigenvalue weighted by Crippen LogP contribution is 2.37. The van der Waals surface area contributed by atoms with Gasteiger partial charge in [-0.05, 0) is 36.6 Å². The number of halogens is 1. The van der Waals surface area contributed by atoms with Crippen LogP contribution < -0.4 is 9.47 Å². The molecule has 1 saturated heterocycles. The van der Waals surface area contributed by atoms with E-state index in [-0.39, 0.29) is 24.2 Å². The van der Waals surface area contributed by atoms with Crippen molar-refractivity contribution < 1.29 is 23.4 Å². The first-order chi connectivity index (χ1) is 13.6. The smallest absolute Gasteiger partial charge is 0.254 e. The van der Waals surface area contributed by atoms with E-state index in [9.17, 15) is 4.79 Å². The zero-order chi connectivity index (χ0) is 19.7. The fourth-order valence-electron chi connectivity index (χ4n) is 4.05. The van der Waals surface area contributed by atoms with Gasteiger partial charge >= 0.3 is 0 Å². The monoisotopic (exact) mass is 385 g/mol. The molecule has 2 aromatic carbocycles. The minimum atomic E-state index is -0.434. The second-order valence-electron chi connectivity index (χ2n) is 7.24. The summed E-state index contributed by atoms with van der Waals surface area (Å²) < 4.78 is 31.3. The van der Waals surface area contributed by atoms with Crippen LogP contribution in [0.25, 0.3) is 0 Å². The van der Waals surface area contributed by atoms with Gasteiger partial charge in [-0.25, -0.2) is 4.39 Å². The molecule has 1 amide bonds. The maximum atomic E-state index is 15.2. The summed E-state index contributed by atoms with van der Waals surface area (Å²) in [5, 5.41) is 0. The Morgan fingerprint density at radius 3 is 2.64 bits per heavy atom. The number of rotatable bonds is 5. The van der Waals surface area contributed by atoms with E-state index in [0.717, 1.165) is 30.8 Å². The number of amides is 1. The van der Waals surface area contributed by atoms with Crippen molar-refractivity contribution in [3.8, 4) is 11.5 Å². The first-order valence-electron chi connectivity index (χ1n) is 9.52. The van der Waals surface area contributed by atoms with E-state index in [1.807, 2.05) is 24.3 Å². The molecule has 148 valence electrons. The second-order valence-corrected chi connectivity index (χ2v) is 7.24. The third-order valence-corrected chi connectivity index (χ3v) is 5.55. The van der Waals surface area contributed by atoms with Gasteiger partial charge in [0.05, 0.1) is 33.4 Å². The van der Waals surface area contributed by atoms with Crippen LogP contribution in [-0.2, 0) is 17.7 Å². The molecule has 0 aliphatic carbocycles. The third kappa shape index (κ3) is 3.33. The molecule has 1 unspecified atom stereocenters. The van der Waals surface area contributed by atoms with Gasteiger partial charge in [0.1, 0.15) is 5.75 Å². The number of nitrogens with zero attached hydrogens (tertiary/aromatic N) is 1. The molecule has 2 aliphatic heterocycles. The number of carbonyl (C=O) groups excluding carboxylic acids is 1. The molecule has 2 aromatic rings. The van der Waals surface area contributed by atoms with Crippen molar-refractivity contribution in [2.45, 2.75) is 31.8 Å². The van der Waals surface area contributed by atoms with Crippen LogP contribution in [-0.4, -0.2) is 44.3 Å². The molecule has 28 heavy (non-hydrogen) atoms. The molecule has 6 heteroatoms. The second kappa shape index (κ2) is 7.80. The normalized spacial score (nSPS) is 18.9. The Kier molecular flexibility index (Phi) is 5.22. The van der Waals surface area contributed by atoms with E-state index in [2.05, 4.69) is 0 Å². The summed E-state index contributed by atoms with van der Waals surface area (Å²) >= 11 is 0. The lowest BCUT2D eigenvalue weighted by Crippen LogP contribution is -2.41. The summed E-state index contributed by atoms with van der Waals surface area (Å²) in [6.07, 6.45) is 2.27. The van der Waals surface area contributed by atoms with Crippen molar-refractivity contribution in [1.29, 1.82) is 0 Å². The molecule has 1 fully saturated rings. The van der Waals surface area contributed by atoms with E-state index >= 15 is 4.39 Å². The van der Waals surface area contributed by atoms with Gasteiger partial charge in [-0.1, -0.05) is 12.1 Å². The van der Waals surface area contributed by atoms with Gasteiger partial charge in [0, 0.05) is 29.7 Å². The number of benzene rings is 2. The highest BCUT2D eigenvalue weighted by Gasteiger charge is 2.37. The molecule has 1 atom stereocenters. The summed E-state index contributed by atoms with van der Waals surface area (Å²) in [5.41, 5.74) is 2.51. The quantitative estimate of drug-likeness (QED) is 0.790. The van der Waals surface area contributed by atoms with Crippen molar-refractivity contribution in [2.75, 3.05) is 27.4 Å². The van der Waals surface area contributed by atoms with Gasteiger partial charge in [-0.15, -0.1) is 0 Å². The summed E-state index contributed by atoms with van der Waals surface area (Å²) in [7, 11) is 3.08. The lowest BCUT2D eigenvalue weighted by Gasteiger charge is -2.30. The Morgan fingerprint density at radius 2 is 2.00 bits per heavy atom. The van der Waals surface area contributed by atoms with Crippen LogP contribution in [0.4, 0.5) is 4.39 Å². The number of hydrogen-bond donors (Lipinski definition) is 0. The largest absolute Gasteiger partial charge is 0.497 e. The van der Waals surface area contributed by atoms with E-state index in [1.54, 1.807) is 18.1 Å². The van der Waals surface area contributed by atoms with Crippen molar-refractivity contribution in [2.24, 2.45) is 0 Å². The number of methoxy groups -OCH3 is 2. The summed E-state index contributed by atoms with van der Waals surface area (Å²) in [4.78, 5) is 14.7. The van der Waals surface area contributed by atoms with Gasteiger partial charge in [-0.3, -0.25) is 4.79 Å². The number of fused-ring (bicyclic) bond motifs is 1.